The average Bonchev–Trinajstić information content (AvgIpc) is 2.88. The van der Waals surface area contributed by atoms with Crippen LogP contribution in [0.25, 0.3) is 0 Å². The molecule has 2 aliphatic carbocycles. The summed E-state index contributed by atoms with van der Waals surface area (Å²) in [5, 5.41) is 13.0. The first-order chi connectivity index (χ1) is 11.0. The Kier molecular flexibility index (Phi) is 2.45. The van der Waals surface area contributed by atoms with Crippen molar-refractivity contribution in [1.82, 2.24) is 0 Å². The van der Waals surface area contributed by atoms with Crippen LogP contribution in [0.2, 0.25) is 0 Å². The lowest BCUT2D eigenvalue weighted by Gasteiger charge is -2.62. The molecule has 5 heteroatoms. The van der Waals surface area contributed by atoms with E-state index in [1.165, 1.54) is 11.1 Å². The number of carbonyl (C=O) groups is 1. The molecule has 0 aromatic heterocycles. The maximum atomic E-state index is 13.0. The standard InChI is InChI=1S/C18H21NO4/c1-19(21)8-7-18-11-4-5-13(20)17(18)23-16-14(22-2)6-3-10(15(16)18)9-12(11)19/h3,6,11-12,17H,4-5,7-9H2,1-2H3/t11-,12+,17-,18-,19?/m1/s1. The molecule has 1 saturated heterocycles. The van der Waals surface area contributed by atoms with E-state index in [2.05, 4.69) is 6.07 Å². The molecule has 1 saturated carbocycles. The largest absolute Gasteiger partial charge is 0.633 e. The van der Waals surface area contributed by atoms with Crippen LogP contribution in [-0.2, 0) is 16.6 Å². The van der Waals surface area contributed by atoms with E-state index >= 15 is 0 Å². The quantitative estimate of drug-likeness (QED) is 0.587. The zero-order valence-electron chi connectivity index (χ0n) is 13.5. The number of hydrogen-bond donors (Lipinski definition) is 0. The first-order valence-electron chi connectivity index (χ1n) is 8.45. The molecule has 1 aromatic carbocycles. The van der Waals surface area contributed by atoms with Crippen LogP contribution in [0.3, 0.4) is 0 Å². The second kappa shape index (κ2) is 4.08. The molecule has 122 valence electrons. The normalized spacial score (nSPS) is 42.9. The molecule has 2 fully saturated rings. The maximum Gasteiger partial charge on any atom is 0.174 e. The molecule has 5 atom stereocenters. The Labute approximate surface area is 135 Å². The fourth-order valence-electron chi connectivity index (χ4n) is 5.83. The van der Waals surface area contributed by atoms with Crippen LogP contribution < -0.4 is 9.47 Å². The summed E-state index contributed by atoms with van der Waals surface area (Å²) in [4.78, 5) is 12.6. The van der Waals surface area contributed by atoms with Crippen LogP contribution in [0, 0.1) is 11.1 Å². The summed E-state index contributed by atoms with van der Waals surface area (Å²) in [5.41, 5.74) is 2.06. The van der Waals surface area contributed by atoms with Crippen LogP contribution in [0.5, 0.6) is 11.5 Å². The highest BCUT2D eigenvalue weighted by Crippen LogP contribution is 2.63. The lowest BCUT2D eigenvalue weighted by atomic mass is 9.51. The Morgan fingerprint density at radius 1 is 1.43 bits per heavy atom. The fraction of sp³-hybridized carbons (Fsp3) is 0.611. The number of Topliss-reactive ketones (excluding diaryl/α,β-unsaturated/α-hetero) is 1. The van der Waals surface area contributed by atoms with E-state index in [1.54, 1.807) is 14.2 Å². The zero-order chi connectivity index (χ0) is 16.0. The van der Waals surface area contributed by atoms with Crippen molar-refractivity contribution in [3.05, 3.63) is 28.5 Å². The molecule has 0 amide bonds. The van der Waals surface area contributed by atoms with Gasteiger partial charge in [-0.05, 0) is 18.1 Å². The topological polar surface area (TPSA) is 58.6 Å². The van der Waals surface area contributed by atoms with E-state index in [-0.39, 0.29) is 27.8 Å². The van der Waals surface area contributed by atoms with Gasteiger partial charge in [0.15, 0.2) is 23.4 Å². The minimum atomic E-state index is -0.422. The summed E-state index contributed by atoms with van der Waals surface area (Å²) in [6.07, 6.45) is 2.43. The van der Waals surface area contributed by atoms with Gasteiger partial charge >= 0.3 is 0 Å². The minimum absolute atomic E-state index is 0.0368. The fourth-order valence-corrected chi connectivity index (χ4v) is 5.83. The molecule has 4 aliphatic rings. The lowest BCUT2D eigenvalue weighted by molar-refractivity contribution is -0.899. The number of rotatable bonds is 1. The molecular weight excluding hydrogens is 294 g/mol. The Hall–Kier alpha value is -1.59. The van der Waals surface area contributed by atoms with E-state index < -0.39 is 6.10 Å². The van der Waals surface area contributed by atoms with Crippen LogP contribution >= 0.6 is 0 Å². The Morgan fingerprint density at radius 3 is 3.04 bits per heavy atom. The van der Waals surface area contributed by atoms with Crippen LogP contribution in [-0.4, -0.2) is 43.3 Å². The van der Waals surface area contributed by atoms with E-state index in [1.807, 2.05) is 6.07 Å². The molecule has 5 nitrogen and oxygen atoms in total. The number of hydrogen-bond acceptors (Lipinski definition) is 4. The van der Waals surface area contributed by atoms with Crippen molar-refractivity contribution in [2.75, 3.05) is 20.7 Å². The lowest BCUT2D eigenvalue weighted by Crippen LogP contribution is -2.70. The molecule has 2 aliphatic heterocycles. The molecule has 1 aromatic rings. The summed E-state index contributed by atoms with van der Waals surface area (Å²) in [6.45, 7) is 0.560. The van der Waals surface area contributed by atoms with E-state index in [0.29, 0.717) is 18.7 Å². The number of likely N-dealkylation sites (N-methyl/N-ethyl adjacent to an activating group) is 1. The third-order valence-corrected chi connectivity index (χ3v) is 6.82. The molecule has 5 rings (SSSR count). The zero-order valence-corrected chi connectivity index (χ0v) is 13.5. The third kappa shape index (κ3) is 1.44. The molecule has 0 radical (unpaired) electrons. The van der Waals surface area contributed by atoms with Gasteiger partial charge < -0.3 is 19.3 Å². The van der Waals surface area contributed by atoms with Crippen molar-refractivity contribution in [2.45, 2.75) is 43.2 Å². The highest BCUT2D eigenvalue weighted by atomic mass is 16.5. The van der Waals surface area contributed by atoms with Gasteiger partial charge in [0.2, 0.25) is 0 Å². The van der Waals surface area contributed by atoms with Gasteiger partial charge in [-0.2, -0.15) is 0 Å². The second-order valence-electron chi connectivity index (χ2n) is 7.70. The number of methoxy groups -OCH3 is 1. The third-order valence-electron chi connectivity index (χ3n) is 6.82. The number of quaternary nitrogens is 1. The molecule has 2 heterocycles. The number of likely N-dealkylation sites (tertiary alicyclic amines) is 1. The Morgan fingerprint density at radius 2 is 2.26 bits per heavy atom. The number of piperidine rings is 1. The number of benzene rings is 1. The van der Waals surface area contributed by atoms with E-state index in [0.717, 1.165) is 25.0 Å². The summed E-state index contributed by atoms with van der Waals surface area (Å²) in [7, 11) is 3.44. The van der Waals surface area contributed by atoms with Gasteiger partial charge in [-0.25, -0.2) is 0 Å². The molecule has 0 N–H and O–H groups in total. The molecule has 2 bridgehead atoms. The smallest absolute Gasteiger partial charge is 0.174 e. The highest BCUT2D eigenvalue weighted by molar-refractivity contribution is 5.89. The van der Waals surface area contributed by atoms with Gasteiger partial charge in [0.05, 0.1) is 32.2 Å². The summed E-state index contributed by atoms with van der Waals surface area (Å²) in [6, 6.07) is 4.02. The monoisotopic (exact) mass is 315 g/mol. The van der Waals surface area contributed by atoms with Gasteiger partial charge in [0, 0.05) is 30.7 Å². The van der Waals surface area contributed by atoms with Crippen molar-refractivity contribution in [3.8, 4) is 11.5 Å². The van der Waals surface area contributed by atoms with Gasteiger partial charge in [-0.15, -0.1) is 0 Å². The molecule has 1 unspecified atom stereocenters. The number of ether oxygens (including phenoxy) is 2. The van der Waals surface area contributed by atoms with Crippen molar-refractivity contribution in [1.29, 1.82) is 0 Å². The number of carbonyl (C=O) groups excluding carboxylic acids is 1. The van der Waals surface area contributed by atoms with Gasteiger partial charge in [-0.1, -0.05) is 6.07 Å². The average molecular weight is 315 g/mol. The summed E-state index contributed by atoms with van der Waals surface area (Å²) >= 11 is 0. The summed E-state index contributed by atoms with van der Waals surface area (Å²) < 4.78 is 11.5. The van der Waals surface area contributed by atoms with E-state index in [4.69, 9.17) is 9.47 Å². The summed E-state index contributed by atoms with van der Waals surface area (Å²) in [5.74, 6) is 1.90. The van der Waals surface area contributed by atoms with Gasteiger partial charge in [-0.3, -0.25) is 4.79 Å². The van der Waals surface area contributed by atoms with Crippen molar-refractivity contribution in [3.63, 3.8) is 0 Å². The Bertz CT molecular complexity index is 728. The maximum absolute atomic E-state index is 13.0. The first kappa shape index (κ1) is 13.8. The molecule has 1 spiro atoms. The Balaban J connectivity index is 1.81. The number of nitrogens with zero attached hydrogens (tertiary/aromatic N) is 1. The second-order valence-corrected chi connectivity index (χ2v) is 7.70. The highest BCUT2D eigenvalue weighted by Gasteiger charge is 2.68. The van der Waals surface area contributed by atoms with Gasteiger partial charge in [0.25, 0.3) is 0 Å². The predicted molar refractivity (Wildman–Crippen MR) is 83.3 cm³/mol. The number of hydroxylamine groups is 3. The first-order valence-corrected chi connectivity index (χ1v) is 8.45. The van der Waals surface area contributed by atoms with Crippen molar-refractivity contribution >= 4 is 5.78 Å². The molecule has 23 heavy (non-hydrogen) atoms. The van der Waals surface area contributed by atoms with Crippen molar-refractivity contribution in [2.24, 2.45) is 5.92 Å². The predicted octanol–water partition coefficient (Wildman–Crippen LogP) is 1.95. The molecular formula is C18H21NO4. The van der Waals surface area contributed by atoms with Crippen LogP contribution in [0.1, 0.15) is 30.4 Å². The van der Waals surface area contributed by atoms with Crippen molar-refractivity contribution < 1.29 is 18.9 Å². The van der Waals surface area contributed by atoms with Crippen LogP contribution in [0.4, 0.5) is 0 Å². The van der Waals surface area contributed by atoms with Gasteiger partial charge in [0.1, 0.15) is 0 Å². The number of ketones is 1. The SMILES string of the molecule is COc1ccc2c3c1O[C@@H]1C(=O)CC[C@@H]4[C@H](C2)[N+](C)([O-])CC[C@@]314. The van der Waals surface area contributed by atoms with Crippen LogP contribution in [0.15, 0.2) is 12.1 Å². The minimum Gasteiger partial charge on any atom is -0.633 e. The van der Waals surface area contributed by atoms with E-state index in [9.17, 15) is 10.0 Å².